The molecule has 0 spiro atoms. The third-order valence-electron chi connectivity index (χ3n) is 3.22. The maximum absolute atomic E-state index is 11.2. The smallest absolute Gasteiger partial charge is 0.140 e. The quantitative estimate of drug-likeness (QED) is 0.484. The lowest BCUT2D eigenvalue weighted by Crippen LogP contribution is -2.40. The zero-order valence-electron chi connectivity index (χ0n) is 7.35. The first-order chi connectivity index (χ1) is 5.02. The Morgan fingerprint density at radius 3 is 2.55 bits per heavy atom. The fourth-order valence-electron chi connectivity index (χ4n) is 2.57. The van der Waals surface area contributed by atoms with Crippen molar-refractivity contribution < 1.29 is 4.79 Å². The highest BCUT2D eigenvalue weighted by atomic mass is 16.1. The van der Waals surface area contributed by atoms with Crippen LogP contribution in [0.4, 0.5) is 0 Å². The van der Waals surface area contributed by atoms with Crippen LogP contribution < -0.4 is 0 Å². The monoisotopic (exact) mass is 150 g/mol. The average Bonchev–Trinajstić information content (AvgIpc) is 1.96. The molecular weight excluding hydrogens is 136 g/mol. The Balaban J connectivity index is 2.33. The molecule has 2 rings (SSSR count). The predicted molar refractivity (Wildman–Crippen MR) is 44.1 cm³/mol. The molecule has 0 aromatic rings. The van der Waals surface area contributed by atoms with Crippen LogP contribution in [-0.2, 0) is 4.79 Å². The van der Waals surface area contributed by atoms with E-state index in [2.05, 4.69) is 26.8 Å². The number of allylic oxidation sites excluding steroid dienone is 2. The molecule has 0 aromatic carbocycles. The van der Waals surface area contributed by atoms with E-state index in [-0.39, 0.29) is 5.41 Å². The summed E-state index contributed by atoms with van der Waals surface area (Å²) in [6, 6.07) is 0. The van der Waals surface area contributed by atoms with E-state index in [0.717, 1.165) is 6.42 Å². The van der Waals surface area contributed by atoms with Gasteiger partial charge in [-0.1, -0.05) is 25.5 Å². The predicted octanol–water partition coefficient (Wildman–Crippen LogP) is 2.18. The van der Waals surface area contributed by atoms with Gasteiger partial charge in [0.25, 0.3) is 0 Å². The standard InChI is InChI=1S/C10H14O/c1-6-5-10(2,3)7-4-8(11)9(6)7/h5,7,9H,4H2,1-3H3. The molecule has 0 aliphatic heterocycles. The van der Waals surface area contributed by atoms with Crippen molar-refractivity contribution in [2.45, 2.75) is 27.2 Å². The average molecular weight is 150 g/mol. The molecule has 0 saturated heterocycles. The lowest BCUT2D eigenvalue weighted by atomic mass is 9.64. The third kappa shape index (κ3) is 0.741. The minimum Gasteiger partial charge on any atom is -0.299 e. The van der Waals surface area contributed by atoms with Crippen molar-refractivity contribution in [3.8, 4) is 0 Å². The van der Waals surface area contributed by atoms with Crippen LogP contribution in [0, 0.1) is 17.3 Å². The van der Waals surface area contributed by atoms with E-state index in [1.807, 2.05) is 0 Å². The largest absolute Gasteiger partial charge is 0.299 e. The van der Waals surface area contributed by atoms with Crippen LogP contribution in [0.2, 0.25) is 0 Å². The van der Waals surface area contributed by atoms with Gasteiger partial charge in [0.05, 0.1) is 0 Å². The topological polar surface area (TPSA) is 17.1 Å². The van der Waals surface area contributed by atoms with Crippen molar-refractivity contribution >= 4 is 5.78 Å². The SMILES string of the molecule is CC1=CC(C)(C)C2CC(=O)C12. The first-order valence-corrected chi connectivity index (χ1v) is 4.24. The van der Waals surface area contributed by atoms with Crippen LogP contribution in [0.25, 0.3) is 0 Å². The summed E-state index contributed by atoms with van der Waals surface area (Å²) in [5.74, 6) is 1.37. The Kier molecular flexibility index (Phi) is 1.14. The number of ketones is 1. The Bertz CT molecular complexity index is 248. The number of Topliss-reactive ketones (excluding diaryl/α,β-unsaturated/α-hetero) is 1. The summed E-state index contributed by atoms with van der Waals surface area (Å²) < 4.78 is 0. The van der Waals surface area contributed by atoms with Crippen molar-refractivity contribution in [3.05, 3.63) is 11.6 Å². The summed E-state index contributed by atoms with van der Waals surface area (Å²) >= 11 is 0. The fourth-order valence-corrected chi connectivity index (χ4v) is 2.57. The van der Waals surface area contributed by atoms with Crippen LogP contribution in [0.5, 0.6) is 0 Å². The minimum atomic E-state index is 0.280. The van der Waals surface area contributed by atoms with Crippen LogP contribution in [0.3, 0.4) is 0 Å². The fraction of sp³-hybridized carbons (Fsp3) is 0.700. The molecule has 0 radical (unpaired) electrons. The van der Waals surface area contributed by atoms with E-state index < -0.39 is 0 Å². The van der Waals surface area contributed by atoms with E-state index in [1.165, 1.54) is 5.57 Å². The van der Waals surface area contributed by atoms with Crippen LogP contribution in [0.15, 0.2) is 11.6 Å². The van der Waals surface area contributed by atoms with E-state index in [0.29, 0.717) is 17.6 Å². The zero-order valence-corrected chi connectivity index (χ0v) is 7.35. The van der Waals surface area contributed by atoms with Crippen molar-refractivity contribution in [2.75, 3.05) is 0 Å². The number of carbonyl (C=O) groups excluding carboxylic acids is 1. The molecule has 11 heavy (non-hydrogen) atoms. The van der Waals surface area contributed by atoms with Gasteiger partial charge in [-0.3, -0.25) is 4.79 Å². The second-order valence-electron chi connectivity index (χ2n) is 4.46. The zero-order chi connectivity index (χ0) is 8.22. The van der Waals surface area contributed by atoms with E-state index in [1.54, 1.807) is 0 Å². The third-order valence-corrected chi connectivity index (χ3v) is 3.22. The summed E-state index contributed by atoms with van der Waals surface area (Å²) in [4.78, 5) is 11.2. The number of fused-ring (bicyclic) bond motifs is 1. The van der Waals surface area contributed by atoms with E-state index in [9.17, 15) is 4.79 Å². The lowest BCUT2D eigenvalue weighted by Gasteiger charge is -2.38. The van der Waals surface area contributed by atoms with Gasteiger partial charge in [-0.25, -0.2) is 0 Å². The van der Waals surface area contributed by atoms with Gasteiger partial charge in [0.1, 0.15) is 5.78 Å². The molecule has 2 unspecified atom stereocenters. The van der Waals surface area contributed by atoms with Gasteiger partial charge in [0, 0.05) is 12.3 Å². The molecule has 0 bridgehead atoms. The molecule has 1 saturated carbocycles. The number of hydrogen-bond donors (Lipinski definition) is 0. The van der Waals surface area contributed by atoms with Gasteiger partial charge in [-0.05, 0) is 18.3 Å². The molecule has 1 heteroatoms. The molecular formula is C10H14O. The van der Waals surface area contributed by atoms with Crippen molar-refractivity contribution in [1.29, 1.82) is 0 Å². The molecule has 2 aliphatic carbocycles. The van der Waals surface area contributed by atoms with Gasteiger partial charge in [0.2, 0.25) is 0 Å². The van der Waals surface area contributed by atoms with Gasteiger partial charge in [0.15, 0.2) is 0 Å². The summed E-state index contributed by atoms with van der Waals surface area (Å²) in [7, 11) is 0. The Labute approximate surface area is 67.5 Å². The molecule has 0 N–H and O–H groups in total. The van der Waals surface area contributed by atoms with Crippen LogP contribution >= 0.6 is 0 Å². The Morgan fingerprint density at radius 2 is 2.18 bits per heavy atom. The first-order valence-electron chi connectivity index (χ1n) is 4.24. The number of hydrogen-bond acceptors (Lipinski definition) is 1. The van der Waals surface area contributed by atoms with Crippen molar-refractivity contribution in [2.24, 2.45) is 17.3 Å². The molecule has 60 valence electrons. The summed E-state index contributed by atoms with van der Waals surface area (Å²) in [5.41, 5.74) is 1.58. The molecule has 0 heterocycles. The number of rotatable bonds is 0. The highest BCUT2D eigenvalue weighted by molar-refractivity contribution is 5.91. The second kappa shape index (κ2) is 1.77. The van der Waals surface area contributed by atoms with Crippen molar-refractivity contribution in [3.63, 3.8) is 0 Å². The highest BCUT2D eigenvalue weighted by Crippen LogP contribution is 2.53. The van der Waals surface area contributed by atoms with Gasteiger partial charge in [-0.15, -0.1) is 0 Å². The lowest BCUT2D eigenvalue weighted by molar-refractivity contribution is -0.134. The van der Waals surface area contributed by atoms with Crippen LogP contribution in [0.1, 0.15) is 27.2 Å². The second-order valence-corrected chi connectivity index (χ2v) is 4.46. The highest BCUT2D eigenvalue weighted by Gasteiger charge is 2.51. The van der Waals surface area contributed by atoms with Gasteiger partial charge >= 0.3 is 0 Å². The van der Waals surface area contributed by atoms with E-state index in [4.69, 9.17) is 0 Å². The molecule has 2 atom stereocenters. The molecule has 0 amide bonds. The molecule has 1 fully saturated rings. The molecule has 2 aliphatic rings. The summed E-state index contributed by atoms with van der Waals surface area (Å²) in [5, 5.41) is 0. The Hall–Kier alpha value is -0.590. The maximum Gasteiger partial charge on any atom is 0.140 e. The number of carbonyl (C=O) groups is 1. The van der Waals surface area contributed by atoms with E-state index >= 15 is 0 Å². The Morgan fingerprint density at radius 1 is 1.55 bits per heavy atom. The summed E-state index contributed by atoms with van der Waals surface area (Å²) in [6.45, 7) is 6.55. The summed E-state index contributed by atoms with van der Waals surface area (Å²) in [6.07, 6.45) is 3.08. The normalized spacial score (nSPS) is 39.5. The van der Waals surface area contributed by atoms with Crippen LogP contribution in [-0.4, -0.2) is 5.78 Å². The van der Waals surface area contributed by atoms with Gasteiger partial charge in [-0.2, -0.15) is 0 Å². The maximum atomic E-state index is 11.2. The molecule has 0 aromatic heterocycles. The molecule has 1 nitrogen and oxygen atoms in total. The first kappa shape index (κ1) is 7.08. The van der Waals surface area contributed by atoms with Crippen molar-refractivity contribution in [1.82, 2.24) is 0 Å². The van der Waals surface area contributed by atoms with Gasteiger partial charge < -0.3 is 0 Å². The minimum absolute atomic E-state index is 0.280.